The van der Waals surface area contributed by atoms with Gasteiger partial charge in [0.2, 0.25) is 0 Å². The van der Waals surface area contributed by atoms with Crippen molar-refractivity contribution in [3.8, 4) is 17.6 Å². The van der Waals surface area contributed by atoms with Crippen LogP contribution in [-0.2, 0) is 11.4 Å². The van der Waals surface area contributed by atoms with Crippen molar-refractivity contribution in [1.29, 1.82) is 5.26 Å². The summed E-state index contributed by atoms with van der Waals surface area (Å²) in [5.41, 5.74) is 9.95. The van der Waals surface area contributed by atoms with E-state index in [1.54, 1.807) is 4.90 Å². The molecule has 1 heterocycles. The van der Waals surface area contributed by atoms with Crippen molar-refractivity contribution in [3.05, 3.63) is 78.8 Å². The van der Waals surface area contributed by atoms with Crippen molar-refractivity contribution >= 4 is 40.0 Å². The highest BCUT2D eigenvalue weighted by Crippen LogP contribution is 2.47. The first-order valence-electron chi connectivity index (χ1n) is 11.1. The van der Waals surface area contributed by atoms with Crippen molar-refractivity contribution in [2.75, 3.05) is 13.7 Å². The van der Waals surface area contributed by atoms with Crippen LogP contribution in [0.5, 0.6) is 11.5 Å². The Morgan fingerprint density at radius 3 is 2.74 bits per heavy atom. The molecule has 2 aliphatic rings. The summed E-state index contributed by atoms with van der Waals surface area (Å²) in [6.07, 6.45) is 2.00. The zero-order chi connectivity index (χ0) is 24.4. The van der Waals surface area contributed by atoms with Gasteiger partial charge in [-0.2, -0.15) is 5.26 Å². The number of carbonyl (C=O) groups is 1. The quantitative estimate of drug-likeness (QED) is 0.438. The van der Waals surface area contributed by atoms with Crippen LogP contribution in [-0.4, -0.2) is 24.3 Å². The number of nitrogens with zero attached hydrogens (tertiary/aromatic N) is 2. The van der Waals surface area contributed by atoms with E-state index in [4.69, 9.17) is 26.8 Å². The van der Waals surface area contributed by atoms with Gasteiger partial charge in [-0.3, -0.25) is 4.79 Å². The second-order valence-corrected chi connectivity index (χ2v) is 9.75. The maximum Gasteiger partial charge on any atom is 0.174 e. The highest BCUT2D eigenvalue weighted by Gasteiger charge is 2.39. The lowest BCUT2D eigenvalue weighted by molar-refractivity contribution is -0.116. The van der Waals surface area contributed by atoms with Gasteiger partial charge < -0.3 is 20.1 Å². The molecule has 0 bridgehead atoms. The zero-order valence-electron chi connectivity index (χ0n) is 19.0. The lowest BCUT2D eigenvalue weighted by atomic mass is 9.76. The largest absolute Gasteiger partial charge is 0.490 e. The number of nitriles is 1. The van der Waals surface area contributed by atoms with E-state index >= 15 is 0 Å². The van der Waals surface area contributed by atoms with Gasteiger partial charge in [-0.25, -0.2) is 0 Å². The number of ketones is 1. The average molecular weight is 590 g/mol. The Kier molecular flexibility index (Phi) is 7.39. The third-order valence-electron chi connectivity index (χ3n) is 6.16. The minimum Gasteiger partial charge on any atom is -0.490 e. The molecule has 0 amide bonds. The number of Topliss-reactive ketones (excluding diaryl/α,β-unsaturated/α-hetero) is 1. The molecule has 2 aromatic carbocycles. The van der Waals surface area contributed by atoms with E-state index in [2.05, 4.69) is 28.7 Å². The molecule has 2 N–H and O–H groups in total. The van der Waals surface area contributed by atoms with E-state index in [-0.39, 0.29) is 12.4 Å². The molecule has 176 valence electrons. The number of ether oxygens (including phenoxy) is 2. The molecule has 34 heavy (non-hydrogen) atoms. The Bertz CT molecular complexity index is 1250. The number of hydrogen-bond acceptors (Lipinski definition) is 6. The number of rotatable bonds is 6. The van der Waals surface area contributed by atoms with Crippen molar-refractivity contribution in [2.45, 2.75) is 38.7 Å². The summed E-state index contributed by atoms with van der Waals surface area (Å²) in [5.74, 6) is 1.06. The normalized spacial score (nSPS) is 18.0. The summed E-state index contributed by atoms with van der Waals surface area (Å²) in [4.78, 5) is 14.8. The fourth-order valence-electron chi connectivity index (χ4n) is 4.52. The lowest BCUT2D eigenvalue weighted by Crippen LogP contribution is -2.36. The van der Waals surface area contributed by atoms with Gasteiger partial charge in [-0.15, -0.1) is 0 Å². The number of nitrogens with two attached hydrogens (primary N) is 1. The standard InChI is InChI=1S/C26H25ClIN3O3/c1-3-33-22-12-16(11-19(28)25(22)34-14-15-7-4-5-8-18(15)27)23-17(13-29)26(30)31(2)20-9-6-10-21(32)24(20)23/h4-5,7-8,11-12,23H,3,6,9-10,14,30H2,1-2H3/t23-/m0/s1. The molecule has 4 rings (SSSR count). The second kappa shape index (κ2) is 10.3. The van der Waals surface area contributed by atoms with Crippen LogP contribution in [0.15, 0.2) is 59.1 Å². The lowest BCUT2D eigenvalue weighted by Gasteiger charge is -2.37. The molecule has 0 unspecified atom stereocenters. The Balaban J connectivity index is 1.79. The molecule has 0 radical (unpaired) electrons. The Morgan fingerprint density at radius 1 is 1.26 bits per heavy atom. The molecular weight excluding hydrogens is 565 g/mol. The van der Waals surface area contributed by atoms with Crippen LogP contribution in [0.4, 0.5) is 0 Å². The van der Waals surface area contributed by atoms with Crippen LogP contribution in [0.2, 0.25) is 5.02 Å². The minimum atomic E-state index is -0.533. The van der Waals surface area contributed by atoms with E-state index in [9.17, 15) is 10.1 Å². The Morgan fingerprint density at radius 2 is 2.03 bits per heavy atom. The van der Waals surface area contributed by atoms with Gasteiger partial charge in [0.25, 0.3) is 0 Å². The number of benzene rings is 2. The SMILES string of the molecule is CCOc1cc([C@H]2C(C#N)=C(N)N(C)C3=C2C(=O)CCC3)cc(I)c1OCc1ccccc1Cl. The highest BCUT2D eigenvalue weighted by molar-refractivity contribution is 14.1. The molecule has 8 heteroatoms. The van der Waals surface area contributed by atoms with E-state index < -0.39 is 5.92 Å². The molecule has 6 nitrogen and oxygen atoms in total. The van der Waals surface area contributed by atoms with Crippen LogP contribution in [0.25, 0.3) is 0 Å². The highest BCUT2D eigenvalue weighted by atomic mass is 127. The number of carbonyl (C=O) groups excluding carboxylic acids is 1. The fourth-order valence-corrected chi connectivity index (χ4v) is 5.49. The van der Waals surface area contributed by atoms with Crippen LogP contribution >= 0.6 is 34.2 Å². The molecule has 0 aromatic heterocycles. The summed E-state index contributed by atoms with van der Waals surface area (Å²) in [6, 6.07) is 13.6. The van der Waals surface area contributed by atoms with E-state index in [0.717, 1.165) is 33.2 Å². The van der Waals surface area contributed by atoms with Crippen molar-refractivity contribution < 1.29 is 14.3 Å². The predicted octanol–water partition coefficient (Wildman–Crippen LogP) is 5.65. The molecule has 0 fully saturated rings. The van der Waals surface area contributed by atoms with Crippen LogP contribution in [0, 0.1) is 14.9 Å². The van der Waals surface area contributed by atoms with Gasteiger partial charge in [-0.1, -0.05) is 29.8 Å². The third kappa shape index (κ3) is 4.49. The predicted molar refractivity (Wildman–Crippen MR) is 139 cm³/mol. The summed E-state index contributed by atoms with van der Waals surface area (Å²) in [6.45, 7) is 2.62. The van der Waals surface area contributed by atoms with Gasteiger partial charge in [0, 0.05) is 35.3 Å². The van der Waals surface area contributed by atoms with Crippen LogP contribution in [0.3, 0.4) is 0 Å². The minimum absolute atomic E-state index is 0.0605. The maximum atomic E-state index is 13.1. The molecule has 0 spiro atoms. The van der Waals surface area contributed by atoms with E-state index in [1.807, 2.05) is 50.4 Å². The van der Waals surface area contributed by atoms with Gasteiger partial charge in [0.05, 0.1) is 27.7 Å². The smallest absolute Gasteiger partial charge is 0.174 e. The molecule has 0 saturated heterocycles. The molecule has 1 atom stereocenters. The summed E-state index contributed by atoms with van der Waals surface area (Å²) >= 11 is 8.49. The topological polar surface area (TPSA) is 88.6 Å². The van der Waals surface area contributed by atoms with Crippen molar-refractivity contribution in [1.82, 2.24) is 4.90 Å². The molecule has 2 aromatic rings. The number of halogens is 2. The molecular formula is C26H25ClIN3O3. The Hall–Kier alpha value is -2.70. The Labute approximate surface area is 218 Å². The van der Waals surface area contributed by atoms with Gasteiger partial charge in [0.1, 0.15) is 12.4 Å². The third-order valence-corrected chi connectivity index (χ3v) is 7.33. The fraction of sp³-hybridized carbons (Fsp3) is 0.308. The molecule has 1 aliphatic carbocycles. The monoisotopic (exact) mass is 589 g/mol. The maximum absolute atomic E-state index is 13.1. The van der Waals surface area contributed by atoms with Crippen molar-refractivity contribution in [3.63, 3.8) is 0 Å². The second-order valence-electron chi connectivity index (χ2n) is 8.18. The summed E-state index contributed by atoms with van der Waals surface area (Å²) < 4.78 is 12.9. The average Bonchev–Trinajstić information content (AvgIpc) is 2.82. The van der Waals surface area contributed by atoms with Gasteiger partial charge in [-0.05, 0) is 66.1 Å². The van der Waals surface area contributed by atoms with Gasteiger partial charge >= 0.3 is 0 Å². The first kappa shape index (κ1) is 24.4. The van der Waals surface area contributed by atoms with Crippen LogP contribution in [0.1, 0.15) is 43.2 Å². The van der Waals surface area contributed by atoms with Crippen molar-refractivity contribution in [2.24, 2.45) is 5.73 Å². The van der Waals surface area contributed by atoms with E-state index in [0.29, 0.717) is 46.5 Å². The van der Waals surface area contributed by atoms with Gasteiger partial charge in [0.15, 0.2) is 17.3 Å². The zero-order valence-corrected chi connectivity index (χ0v) is 21.9. The first-order valence-corrected chi connectivity index (χ1v) is 12.5. The van der Waals surface area contributed by atoms with E-state index in [1.165, 1.54) is 0 Å². The first-order chi connectivity index (χ1) is 16.4. The molecule has 0 saturated carbocycles. The number of hydrogen-bond donors (Lipinski definition) is 1. The number of allylic oxidation sites excluding steroid dienone is 3. The molecule has 1 aliphatic heterocycles. The summed E-state index contributed by atoms with van der Waals surface area (Å²) in [5, 5.41) is 10.6. The van der Waals surface area contributed by atoms with Crippen LogP contribution < -0.4 is 15.2 Å². The summed E-state index contributed by atoms with van der Waals surface area (Å²) in [7, 11) is 1.82.